The lowest BCUT2D eigenvalue weighted by atomic mass is 9.91. The average Bonchev–Trinajstić information content (AvgIpc) is 2.14. The minimum absolute atomic E-state index is 0.138. The number of halogens is 3. The van der Waals surface area contributed by atoms with Crippen LogP contribution in [0.15, 0.2) is 4.99 Å². The zero-order chi connectivity index (χ0) is 11.6. The first kappa shape index (κ1) is 12.5. The standard InChI is InChI=1S/C10H17F3N2/c1-4-7(2)8-5-14-9(10(11,12)13)15(3)6-8/h5,7-9H,4,6H2,1-3H3. The molecule has 2 nitrogen and oxygen atoms in total. The molecule has 0 bridgehead atoms. The van der Waals surface area contributed by atoms with Crippen molar-refractivity contribution in [1.82, 2.24) is 4.90 Å². The van der Waals surface area contributed by atoms with E-state index in [1.807, 2.05) is 13.8 Å². The molecule has 0 radical (unpaired) electrons. The van der Waals surface area contributed by atoms with Crippen molar-refractivity contribution in [3.05, 3.63) is 0 Å². The van der Waals surface area contributed by atoms with Crippen molar-refractivity contribution in [2.24, 2.45) is 16.8 Å². The lowest BCUT2D eigenvalue weighted by molar-refractivity contribution is -0.180. The molecule has 1 aliphatic heterocycles. The fourth-order valence-corrected chi connectivity index (χ4v) is 1.75. The highest BCUT2D eigenvalue weighted by molar-refractivity contribution is 5.62. The number of hydrogen-bond acceptors (Lipinski definition) is 2. The van der Waals surface area contributed by atoms with Crippen LogP contribution in [0.2, 0.25) is 0 Å². The van der Waals surface area contributed by atoms with Crippen LogP contribution >= 0.6 is 0 Å². The molecule has 0 aromatic heterocycles. The molecule has 1 aliphatic rings. The molecule has 5 heteroatoms. The number of rotatable bonds is 2. The summed E-state index contributed by atoms with van der Waals surface area (Å²) in [6.45, 7) is 4.51. The van der Waals surface area contributed by atoms with E-state index in [4.69, 9.17) is 0 Å². The summed E-state index contributed by atoms with van der Waals surface area (Å²) in [5.74, 6) is 0.518. The minimum atomic E-state index is -4.26. The summed E-state index contributed by atoms with van der Waals surface area (Å²) < 4.78 is 37.3. The normalized spacial score (nSPS) is 30.5. The second kappa shape index (κ2) is 4.51. The van der Waals surface area contributed by atoms with Crippen LogP contribution < -0.4 is 0 Å². The Hall–Kier alpha value is -0.580. The van der Waals surface area contributed by atoms with E-state index >= 15 is 0 Å². The Kier molecular flexibility index (Phi) is 3.76. The summed E-state index contributed by atoms with van der Waals surface area (Å²) >= 11 is 0. The number of aliphatic imine (C=N–C) groups is 1. The first-order valence-electron chi connectivity index (χ1n) is 5.16. The molecule has 1 rings (SSSR count). The fourth-order valence-electron chi connectivity index (χ4n) is 1.75. The smallest absolute Gasteiger partial charge is 0.277 e. The molecule has 0 fully saturated rings. The highest BCUT2D eigenvalue weighted by Gasteiger charge is 2.44. The van der Waals surface area contributed by atoms with Crippen molar-refractivity contribution in [1.29, 1.82) is 0 Å². The Balaban J connectivity index is 2.71. The highest BCUT2D eigenvalue weighted by Crippen LogP contribution is 2.29. The second-order valence-electron chi connectivity index (χ2n) is 4.20. The molecule has 0 aromatic rings. The third-order valence-electron chi connectivity index (χ3n) is 3.00. The Morgan fingerprint density at radius 2 is 2.13 bits per heavy atom. The van der Waals surface area contributed by atoms with E-state index in [1.165, 1.54) is 18.2 Å². The summed E-state index contributed by atoms with van der Waals surface area (Å²) in [4.78, 5) is 4.88. The van der Waals surface area contributed by atoms with Gasteiger partial charge in [0.25, 0.3) is 0 Å². The van der Waals surface area contributed by atoms with Crippen LogP contribution in [-0.2, 0) is 0 Å². The van der Waals surface area contributed by atoms with Gasteiger partial charge >= 0.3 is 6.18 Å². The maximum atomic E-state index is 12.4. The predicted octanol–water partition coefficient (Wildman–Crippen LogP) is 2.55. The summed E-state index contributed by atoms with van der Waals surface area (Å²) in [5.41, 5.74) is 0. The topological polar surface area (TPSA) is 15.6 Å². The Labute approximate surface area is 88.2 Å². The van der Waals surface area contributed by atoms with E-state index in [1.54, 1.807) is 0 Å². The van der Waals surface area contributed by atoms with Gasteiger partial charge in [-0.3, -0.25) is 9.89 Å². The van der Waals surface area contributed by atoms with Gasteiger partial charge in [-0.2, -0.15) is 13.2 Å². The van der Waals surface area contributed by atoms with Gasteiger partial charge in [0, 0.05) is 18.7 Å². The zero-order valence-electron chi connectivity index (χ0n) is 9.25. The van der Waals surface area contributed by atoms with Gasteiger partial charge in [0.1, 0.15) is 0 Å². The van der Waals surface area contributed by atoms with Crippen molar-refractivity contribution < 1.29 is 13.2 Å². The molecule has 0 saturated carbocycles. The van der Waals surface area contributed by atoms with Gasteiger partial charge in [-0.25, -0.2) is 0 Å². The van der Waals surface area contributed by atoms with E-state index in [0.717, 1.165) is 6.42 Å². The van der Waals surface area contributed by atoms with Gasteiger partial charge in [0.05, 0.1) is 0 Å². The minimum Gasteiger partial charge on any atom is -0.277 e. The van der Waals surface area contributed by atoms with Crippen LogP contribution in [-0.4, -0.2) is 37.0 Å². The van der Waals surface area contributed by atoms with E-state index in [-0.39, 0.29) is 5.92 Å². The molecule has 88 valence electrons. The van der Waals surface area contributed by atoms with Crippen LogP contribution in [0, 0.1) is 11.8 Å². The number of alkyl halides is 3. The van der Waals surface area contributed by atoms with E-state index in [2.05, 4.69) is 4.99 Å². The Morgan fingerprint density at radius 3 is 2.53 bits per heavy atom. The molecule has 0 spiro atoms. The van der Waals surface area contributed by atoms with Gasteiger partial charge in [0.2, 0.25) is 0 Å². The molecular formula is C10H17F3N2. The van der Waals surface area contributed by atoms with Crippen LogP contribution in [0.5, 0.6) is 0 Å². The first-order chi connectivity index (χ1) is 6.86. The fraction of sp³-hybridized carbons (Fsp3) is 0.900. The van der Waals surface area contributed by atoms with Crippen molar-refractivity contribution in [3.8, 4) is 0 Å². The third-order valence-corrected chi connectivity index (χ3v) is 3.00. The number of hydrogen-bond donors (Lipinski definition) is 0. The predicted molar refractivity (Wildman–Crippen MR) is 53.9 cm³/mol. The van der Waals surface area contributed by atoms with Crippen LogP contribution in [0.25, 0.3) is 0 Å². The van der Waals surface area contributed by atoms with Crippen LogP contribution in [0.4, 0.5) is 13.2 Å². The second-order valence-corrected chi connectivity index (χ2v) is 4.20. The molecule has 3 atom stereocenters. The van der Waals surface area contributed by atoms with Gasteiger partial charge < -0.3 is 0 Å². The monoisotopic (exact) mass is 222 g/mol. The van der Waals surface area contributed by atoms with Crippen molar-refractivity contribution in [3.63, 3.8) is 0 Å². The maximum absolute atomic E-state index is 12.4. The summed E-state index contributed by atoms with van der Waals surface area (Å²) in [5, 5.41) is 0. The average molecular weight is 222 g/mol. The summed E-state index contributed by atoms with van der Waals surface area (Å²) in [7, 11) is 1.48. The molecule has 15 heavy (non-hydrogen) atoms. The molecule has 0 saturated heterocycles. The van der Waals surface area contributed by atoms with Gasteiger partial charge in [-0.05, 0) is 13.0 Å². The van der Waals surface area contributed by atoms with E-state index in [0.29, 0.717) is 12.5 Å². The first-order valence-corrected chi connectivity index (χ1v) is 5.16. The largest absolute Gasteiger partial charge is 0.424 e. The summed E-state index contributed by atoms with van der Waals surface area (Å²) in [6, 6.07) is 0. The molecular weight excluding hydrogens is 205 g/mol. The van der Waals surface area contributed by atoms with E-state index < -0.39 is 12.3 Å². The van der Waals surface area contributed by atoms with Gasteiger partial charge in [0.15, 0.2) is 6.17 Å². The van der Waals surface area contributed by atoms with Gasteiger partial charge in [-0.1, -0.05) is 20.3 Å². The zero-order valence-corrected chi connectivity index (χ0v) is 9.25. The molecule has 1 heterocycles. The quantitative estimate of drug-likeness (QED) is 0.701. The number of nitrogens with zero attached hydrogens (tertiary/aromatic N) is 2. The van der Waals surface area contributed by atoms with E-state index in [9.17, 15) is 13.2 Å². The maximum Gasteiger partial charge on any atom is 0.424 e. The van der Waals surface area contributed by atoms with Crippen molar-refractivity contribution in [2.45, 2.75) is 32.6 Å². The SMILES string of the molecule is CCC(C)C1C=NC(C(F)(F)F)N(C)C1. The molecule has 0 aromatic carbocycles. The molecule has 0 aliphatic carbocycles. The van der Waals surface area contributed by atoms with Crippen molar-refractivity contribution >= 4 is 6.21 Å². The Bertz CT molecular complexity index is 237. The molecule has 0 amide bonds. The highest BCUT2D eigenvalue weighted by atomic mass is 19.4. The van der Waals surface area contributed by atoms with Crippen LogP contribution in [0.1, 0.15) is 20.3 Å². The lowest BCUT2D eigenvalue weighted by Crippen LogP contribution is -2.48. The van der Waals surface area contributed by atoms with Gasteiger partial charge in [-0.15, -0.1) is 0 Å². The molecule has 0 N–H and O–H groups in total. The summed E-state index contributed by atoms with van der Waals surface area (Å²) in [6.07, 6.45) is -3.48. The third kappa shape index (κ3) is 2.93. The Morgan fingerprint density at radius 1 is 1.53 bits per heavy atom. The van der Waals surface area contributed by atoms with Crippen molar-refractivity contribution in [2.75, 3.05) is 13.6 Å². The lowest BCUT2D eigenvalue weighted by Gasteiger charge is -2.34. The van der Waals surface area contributed by atoms with Crippen LogP contribution in [0.3, 0.4) is 0 Å². The molecule has 3 unspecified atom stereocenters.